The van der Waals surface area contributed by atoms with Gasteiger partial charge in [0.05, 0.1) is 5.56 Å². The Balaban J connectivity index is 2.66. The molecular weight excluding hydrogens is 217 g/mol. The third-order valence-corrected chi connectivity index (χ3v) is 1.80. The van der Waals surface area contributed by atoms with Crippen LogP contribution in [0.3, 0.4) is 0 Å². The minimum Gasteiger partial charge on any atom is -0.479 e. The maximum Gasteiger partial charge on any atom is 0.332 e. The fraction of sp³-hybridized carbons (Fsp3) is 0.200. The standard InChI is InChI=1S/C10H10FNO4/c1-6-3-2-4-7(9(6)11)10(15)12-16-5-8(13)14/h2-4H,5H2,1H3,(H,12,15)(H,13,14). The van der Waals surface area contributed by atoms with Crippen LogP contribution in [0.15, 0.2) is 18.2 Å². The fourth-order valence-electron chi connectivity index (χ4n) is 1.04. The van der Waals surface area contributed by atoms with Gasteiger partial charge in [-0.25, -0.2) is 14.7 Å². The largest absolute Gasteiger partial charge is 0.479 e. The number of hydrogen-bond donors (Lipinski definition) is 2. The van der Waals surface area contributed by atoms with Crippen molar-refractivity contribution in [2.45, 2.75) is 6.92 Å². The predicted octanol–water partition coefficient (Wildman–Crippen LogP) is 0.880. The topological polar surface area (TPSA) is 75.6 Å². The van der Waals surface area contributed by atoms with Crippen LogP contribution in [-0.2, 0) is 9.63 Å². The highest BCUT2D eigenvalue weighted by Crippen LogP contribution is 2.11. The molecule has 1 aromatic carbocycles. The van der Waals surface area contributed by atoms with Crippen molar-refractivity contribution in [3.05, 3.63) is 35.1 Å². The van der Waals surface area contributed by atoms with Gasteiger partial charge in [0.2, 0.25) is 0 Å². The van der Waals surface area contributed by atoms with E-state index in [1.165, 1.54) is 25.1 Å². The minimum absolute atomic E-state index is 0.189. The van der Waals surface area contributed by atoms with Crippen LogP contribution in [0.4, 0.5) is 4.39 Å². The Bertz CT molecular complexity index is 419. The number of hydroxylamine groups is 1. The van der Waals surface area contributed by atoms with Gasteiger partial charge in [-0.1, -0.05) is 12.1 Å². The van der Waals surface area contributed by atoms with Gasteiger partial charge >= 0.3 is 5.97 Å². The van der Waals surface area contributed by atoms with Crippen molar-refractivity contribution >= 4 is 11.9 Å². The molecule has 0 aromatic heterocycles. The molecule has 0 aliphatic rings. The Morgan fingerprint density at radius 2 is 2.19 bits per heavy atom. The molecule has 5 nitrogen and oxygen atoms in total. The molecule has 16 heavy (non-hydrogen) atoms. The zero-order valence-corrected chi connectivity index (χ0v) is 8.49. The van der Waals surface area contributed by atoms with Crippen LogP contribution in [0.2, 0.25) is 0 Å². The van der Waals surface area contributed by atoms with Gasteiger partial charge < -0.3 is 5.11 Å². The second-order valence-corrected chi connectivity index (χ2v) is 3.05. The van der Waals surface area contributed by atoms with E-state index >= 15 is 0 Å². The fourth-order valence-corrected chi connectivity index (χ4v) is 1.04. The molecule has 0 aliphatic heterocycles. The maximum atomic E-state index is 13.4. The average Bonchev–Trinajstić information content (AvgIpc) is 2.21. The highest BCUT2D eigenvalue weighted by Gasteiger charge is 2.13. The summed E-state index contributed by atoms with van der Waals surface area (Å²) in [5.41, 5.74) is 1.97. The lowest BCUT2D eigenvalue weighted by Gasteiger charge is -2.05. The summed E-state index contributed by atoms with van der Waals surface area (Å²) in [5, 5.41) is 8.25. The normalized spacial score (nSPS) is 9.88. The molecule has 1 amide bonds. The molecule has 0 atom stereocenters. The van der Waals surface area contributed by atoms with Gasteiger partial charge in [-0.15, -0.1) is 0 Å². The molecule has 0 fully saturated rings. The van der Waals surface area contributed by atoms with Gasteiger partial charge in [-0.3, -0.25) is 9.63 Å². The zero-order valence-electron chi connectivity index (χ0n) is 8.49. The van der Waals surface area contributed by atoms with E-state index < -0.39 is 24.3 Å². The lowest BCUT2D eigenvalue weighted by atomic mass is 10.1. The molecule has 0 heterocycles. The number of carboxylic acid groups (broad SMARTS) is 1. The summed E-state index contributed by atoms with van der Waals surface area (Å²) in [7, 11) is 0. The number of carboxylic acids is 1. The summed E-state index contributed by atoms with van der Waals surface area (Å²) in [6, 6.07) is 4.32. The van der Waals surface area contributed by atoms with E-state index in [9.17, 15) is 14.0 Å². The molecule has 86 valence electrons. The van der Waals surface area contributed by atoms with Crippen molar-refractivity contribution in [3.8, 4) is 0 Å². The number of aryl methyl sites for hydroxylation is 1. The first-order valence-corrected chi connectivity index (χ1v) is 4.41. The van der Waals surface area contributed by atoms with Gasteiger partial charge in [-0.2, -0.15) is 0 Å². The number of nitrogens with one attached hydrogen (secondary N) is 1. The Morgan fingerprint density at radius 3 is 2.81 bits per heavy atom. The van der Waals surface area contributed by atoms with Crippen LogP contribution in [0.1, 0.15) is 15.9 Å². The molecule has 1 aromatic rings. The lowest BCUT2D eigenvalue weighted by Crippen LogP contribution is -2.27. The van der Waals surface area contributed by atoms with Crippen LogP contribution in [-0.4, -0.2) is 23.6 Å². The van der Waals surface area contributed by atoms with E-state index in [0.29, 0.717) is 5.56 Å². The number of rotatable bonds is 4. The Hall–Kier alpha value is -1.95. The van der Waals surface area contributed by atoms with Crippen molar-refractivity contribution in [3.63, 3.8) is 0 Å². The van der Waals surface area contributed by atoms with Gasteiger partial charge in [0, 0.05) is 0 Å². The molecule has 0 saturated carbocycles. The maximum absolute atomic E-state index is 13.4. The molecule has 0 spiro atoms. The zero-order chi connectivity index (χ0) is 12.1. The third kappa shape index (κ3) is 3.03. The molecule has 0 bridgehead atoms. The second kappa shape index (κ2) is 5.22. The Morgan fingerprint density at radius 1 is 1.50 bits per heavy atom. The smallest absolute Gasteiger partial charge is 0.332 e. The van der Waals surface area contributed by atoms with E-state index in [2.05, 4.69) is 4.84 Å². The lowest BCUT2D eigenvalue weighted by molar-refractivity contribution is -0.144. The van der Waals surface area contributed by atoms with Crippen molar-refractivity contribution < 1.29 is 23.9 Å². The molecule has 6 heteroatoms. The molecule has 0 saturated heterocycles. The summed E-state index contributed by atoms with van der Waals surface area (Å²) < 4.78 is 13.4. The quantitative estimate of drug-likeness (QED) is 0.748. The molecular formula is C10H10FNO4. The van der Waals surface area contributed by atoms with Crippen molar-refractivity contribution in [2.75, 3.05) is 6.61 Å². The van der Waals surface area contributed by atoms with Gasteiger partial charge in [0.1, 0.15) is 5.82 Å². The predicted molar refractivity (Wildman–Crippen MR) is 52.2 cm³/mol. The molecule has 1 rings (SSSR count). The summed E-state index contributed by atoms with van der Waals surface area (Å²) in [6.45, 7) is 0.837. The van der Waals surface area contributed by atoms with Crippen LogP contribution in [0.5, 0.6) is 0 Å². The first kappa shape index (κ1) is 12.1. The number of benzene rings is 1. The second-order valence-electron chi connectivity index (χ2n) is 3.05. The number of aliphatic carboxylic acids is 1. The SMILES string of the molecule is Cc1cccc(C(=O)NOCC(=O)O)c1F. The number of halogens is 1. The highest BCUT2D eigenvalue weighted by molar-refractivity contribution is 5.94. The van der Waals surface area contributed by atoms with Crippen LogP contribution in [0, 0.1) is 12.7 Å². The molecule has 0 radical (unpaired) electrons. The number of amides is 1. The summed E-state index contributed by atoms with van der Waals surface area (Å²) >= 11 is 0. The van der Waals surface area contributed by atoms with E-state index in [1.807, 2.05) is 5.48 Å². The van der Waals surface area contributed by atoms with Gasteiger partial charge in [-0.05, 0) is 18.6 Å². The first-order chi connectivity index (χ1) is 7.52. The highest BCUT2D eigenvalue weighted by atomic mass is 19.1. The minimum atomic E-state index is -1.23. The number of hydrogen-bond acceptors (Lipinski definition) is 3. The van der Waals surface area contributed by atoms with Crippen molar-refractivity contribution in [1.82, 2.24) is 5.48 Å². The summed E-state index contributed by atoms with van der Waals surface area (Å²) in [4.78, 5) is 25.8. The van der Waals surface area contributed by atoms with Crippen LogP contribution in [0.25, 0.3) is 0 Å². The molecule has 2 N–H and O–H groups in total. The van der Waals surface area contributed by atoms with Gasteiger partial charge in [0.15, 0.2) is 6.61 Å². The molecule has 0 aliphatic carbocycles. The third-order valence-electron chi connectivity index (χ3n) is 1.80. The first-order valence-electron chi connectivity index (χ1n) is 4.41. The van der Waals surface area contributed by atoms with Crippen molar-refractivity contribution in [2.24, 2.45) is 0 Å². The number of carbonyl (C=O) groups is 2. The summed E-state index contributed by atoms with van der Waals surface area (Å²) in [5.74, 6) is -2.70. The monoisotopic (exact) mass is 227 g/mol. The van der Waals surface area contributed by atoms with Crippen LogP contribution < -0.4 is 5.48 Å². The summed E-state index contributed by atoms with van der Waals surface area (Å²) in [6.07, 6.45) is 0. The van der Waals surface area contributed by atoms with Crippen LogP contribution >= 0.6 is 0 Å². The van der Waals surface area contributed by atoms with Gasteiger partial charge in [0.25, 0.3) is 5.91 Å². The van der Waals surface area contributed by atoms with E-state index in [0.717, 1.165) is 0 Å². The van der Waals surface area contributed by atoms with E-state index in [4.69, 9.17) is 5.11 Å². The number of carbonyl (C=O) groups excluding carboxylic acids is 1. The Labute approximate surface area is 90.8 Å². The molecule has 0 unspecified atom stereocenters. The van der Waals surface area contributed by atoms with Crippen molar-refractivity contribution in [1.29, 1.82) is 0 Å². The Kier molecular flexibility index (Phi) is 3.96. The van der Waals surface area contributed by atoms with E-state index in [-0.39, 0.29) is 5.56 Å². The van der Waals surface area contributed by atoms with E-state index in [1.54, 1.807) is 0 Å². The average molecular weight is 227 g/mol.